The number of carbonyl (C=O) groups excluding carboxylic acids is 1. The number of nitrogens with zero attached hydrogens (tertiary/aromatic N) is 1. The maximum Gasteiger partial charge on any atom is 0.246 e. The molecule has 100 valence electrons. The number of nitrogens with one attached hydrogen (secondary N) is 1. The van der Waals surface area contributed by atoms with Crippen LogP contribution in [0.2, 0.25) is 0 Å². The Bertz CT molecular complexity index is 549. The van der Waals surface area contributed by atoms with E-state index in [1.165, 1.54) is 7.11 Å². The lowest BCUT2D eigenvalue weighted by Crippen LogP contribution is -2.26. The van der Waals surface area contributed by atoms with Gasteiger partial charge in [-0.1, -0.05) is 24.3 Å². The topological polar surface area (TPSA) is 51.2 Å². The molecule has 0 bridgehead atoms. The van der Waals surface area contributed by atoms with E-state index in [1.807, 2.05) is 36.6 Å². The van der Waals surface area contributed by atoms with Crippen molar-refractivity contribution in [2.75, 3.05) is 13.7 Å². The Morgan fingerprint density at radius 2 is 2.11 bits per heavy atom. The molecule has 1 N–H and O–H groups in total. The fourth-order valence-corrected chi connectivity index (χ4v) is 2.29. The van der Waals surface area contributed by atoms with E-state index in [-0.39, 0.29) is 12.5 Å². The number of hydrogen-bond donors (Lipinski definition) is 1. The Hall–Kier alpha value is -1.72. The zero-order chi connectivity index (χ0) is 13.7. The molecule has 0 aliphatic carbocycles. The fourth-order valence-electron chi connectivity index (χ4n) is 1.67. The van der Waals surface area contributed by atoms with E-state index < -0.39 is 0 Å². The molecule has 0 saturated carbocycles. The molecule has 1 amide bonds. The summed E-state index contributed by atoms with van der Waals surface area (Å²) in [7, 11) is 1.50. The Kier molecular flexibility index (Phi) is 4.65. The van der Waals surface area contributed by atoms with Gasteiger partial charge in [-0.2, -0.15) is 0 Å². The first kappa shape index (κ1) is 13.7. The van der Waals surface area contributed by atoms with Crippen LogP contribution in [0.5, 0.6) is 0 Å². The van der Waals surface area contributed by atoms with Crippen molar-refractivity contribution in [2.45, 2.75) is 13.5 Å². The lowest BCUT2D eigenvalue weighted by molar-refractivity contribution is -0.124. The smallest absolute Gasteiger partial charge is 0.246 e. The van der Waals surface area contributed by atoms with Crippen LogP contribution in [0.1, 0.15) is 10.6 Å². The number of hydrogen-bond acceptors (Lipinski definition) is 4. The zero-order valence-electron chi connectivity index (χ0n) is 11.0. The second-order valence-electron chi connectivity index (χ2n) is 4.16. The number of ether oxygens (including phenoxy) is 1. The Balaban J connectivity index is 1.97. The summed E-state index contributed by atoms with van der Waals surface area (Å²) in [6, 6.07) is 8.03. The summed E-state index contributed by atoms with van der Waals surface area (Å²) in [4.78, 5) is 15.7. The SMILES string of the molecule is COCC(=O)NCc1ccc(-c2csc(C)n2)cc1. The molecule has 2 aromatic rings. The molecule has 0 aliphatic rings. The van der Waals surface area contributed by atoms with Crippen molar-refractivity contribution in [3.8, 4) is 11.3 Å². The van der Waals surface area contributed by atoms with Crippen LogP contribution in [0.3, 0.4) is 0 Å². The van der Waals surface area contributed by atoms with Gasteiger partial charge in [-0.05, 0) is 12.5 Å². The molecule has 1 aromatic carbocycles. The van der Waals surface area contributed by atoms with E-state index in [0.717, 1.165) is 21.8 Å². The first-order chi connectivity index (χ1) is 9.19. The van der Waals surface area contributed by atoms with Gasteiger partial charge in [0, 0.05) is 24.6 Å². The summed E-state index contributed by atoms with van der Waals surface area (Å²) < 4.78 is 4.75. The van der Waals surface area contributed by atoms with Gasteiger partial charge in [0.25, 0.3) is 0 Å². The Labute approximate surface area is 116 Å². The van der Waals surface area contributed by atoms with Gasteiger partial charge in [0.05, 0.1) is 10.7 Å². The van der Waals surface area contributed by atoms with Crippen molar-refractivity contribution in [3.05, 3.63) is 40.2 Å². The van der Waals surface area contributed by atoms with E-state index in [9.17, 15) is 4.79 Å². The highest BCUT2D eigenvalue weighted by atomic mass is 32.1. The van der Waals surface area contributed by atoms with Crippen molar-refractivity contribution in [2.24, 2.45) is 0 Å². The number of aryl methyl sites for hydroxylation is 1. The molecule has 0 unspecified atom stereocenters. The largest absolute Gasteiger partial charge is 0.375 e. The molecule has 0 radical (unpaired) electrons. The van der Waals surface area contributed by atoms with Crippen molar-refractivity contribution in [1.29, 1.82) is 0 Å². The van der Waals surface area contributed by atoms with Gasteiger partial charge < -0.3 is 10.1 Å². The summed E-state index contributed by atoms with van der Waals surface area (Å²) >= 11 is 1.64. The monoisotopic (exact) mass is 276 g/mol. The van der Waals surface area contributed by atoms with E-state index in [1.54, 1.807) is 11.3 Å². The van der Waals surface area contributed by atoms with Gasteiger partial charge in [0.15, 0.2) is 0 Å². The summed E-state index contributed by atoms with van der Waals surface area (Å²) in [5.41, 5.74) is 3.15. The van der Waals surface area contributed by atoms with Crippen LogP contribution in [0.15, 0.2) is 29.6 Å². The van der Waals surface area contributed by atoms with Crippen molar-refractivity contribution < 1.29 is 9.53 Å². The minimum atomic E-state index is -0.110. The maximum absolute atomic E-state index is 11.3. The minimum Gasteiger partial charge on any atom is -0.375 e. The molecule has 5 heteroatoms. The fraction of sp³-hybridized carbons (Fsp3) is 0.286. The molecular weight excluding hydrogens is 260 g/mol. The molecule has 0 fully saturated rings. The van der Waals surface area contributed by atoms with Crippen molar-refractivity contribution >= 4 is 17.2 Å². The summed E-state index contributed by atoms with van der Waals surface area (Å²) in [6.07, 6.45) is 0. The van der Waals surface area contributed by atoms with Gasteiger partial charge in [0.1, 0.15) is 6.61 Å². The van der Waals surface area contributed by atoms with E-state index in [0.29, 0.717) is 6.54 Å². The third kappa shape index (κ3) is 3.87. The standard InChI is InChI=1S/C14H16N2O2S/c1-10-16-13(9-19-10)12-5-3-11(4-6-12)7-15-14(17)8-18-2/h3-6,9H,7-8H2,1-2H3,(H,15,17). The van der Waals surface area contributed by atoms with Crippen LogP contribution in [-0.4, -0.2) is 24.6 Å². The highest BCUT2D eigenvalue weighted by Gasteiger charge is 2.03. The molecule has 19 heavy (non-hydrogen) atoms. The number of rotatable bonds is 5. The first-order valence-corrected chi connectivity index (χ1v) is 6.84. The number of methoxy groups -OCH3 is 1. The number of carbonyl (C=O) groups is 1. The molecular formula is C14H16N2O2S. The third-order valence-electron chi connectivity index (χ3n) is 2.63. The Morgan fingerprint density at radius 1 is 1.37 bits per heavy atom. The maximum atomic E-state index is 11.3. The lowest BCUT2D eigenvalue weighted by atomic mass is 10.1. The number of benzene rings is 1. The molecule has 1 aromatic heterocycles. The quantitative estimate of drug-likeness (QED) is 0.912. The zero-order valence-corrected chi connectivity index (χ0v) is 11.8. The molecule has 1 heterocycles. The predicted molar refractivity (Wildman–Crippen MR) is 76.0 cm³/mol. The number of thiazole rings is 1. The van der Waals surface area contributed by atoms with Gasteiger partial charge >= 0.3 is 0 Å². The van der Waals surface area contributed by atoms with Crippen LogP contribution in [0.4, 0.5) is 0 Å². The second kappa shape index (κ2) is 6.45. The van der Waals surface area contributed by atoms with Crippen molar-refractivity contribution in [1.82, 2.24) is 10.3 Å². The van der Waals surface area contributed by atoms with Crippen LogP contribution in [0.25, 0.3) is 11.3 Å². The summed E-state index contributed by atoms with van der Waals surface area (Å²) in [6.45, 7) is 2.60. The normalized spacial score (nSPS) is 10.4. The van der Waals surface area contributed by atoms with Gasteiger partial charge in [-0.15, -0.1) is 11.3 Å². The number of amides is 1. The molecule has 2 rings (SSSR count). The molecule has 0 saturated heterocycles. The first-order valence-electron chi connectivity index (χ1n) is 5.96. The van der Waals surface area contributed by atoms with Gasteiger partial charge in [-0.3, -0.25) is 4.79 Å². The third-order valence-corrected chi connectivity index (χ3v) is 3.41. The average molecular weight is 276 g/mol. The average Bonchev–Trinajstić information content (AvgIpc) is 2.84. The Morgan fingerprint density at radius 3 is 2.68 bits per heavy atom. The minimum absolute atomic E-state index is 0.0934. The number of aromatic nitrogens is 1. The molecule has 0 aliphatic heterocycles. The molecule has 0 atom stereocenters. The lowest BCUT2D eigenvalue weighted by Gasteiger charge is -2.05. The van der Waals surface area contributed by atoms with Crippen LogP contribution in [0, 0.1) is 6.92 Å². The van der Waals surface area contributed by atoms with Crippen LogP contribution < -0.4 is 5.32 Å². The van der Waals surface area contributed by atoms with Crippen LogP contribution in [-0.2, 0) is 16.1 Å². The van der Waals surface area contributed by atoms with Crippen LogP contribution >= 0.6 is 11.3 Å². The van der Waals surface area contributed by atoms with E-state index >= 15 is 0 Å². The van der Waals surface area contributed by atoms with Gasteiger partial charge in [-0.25, -0.2) is 4.98 Å². The summed E-state index contributed by atoms with van der Waals surface area (Å²) in [5.74, 6) is -0.110. The van der Waals surface area contributed by atoms with Gasteiger partial charge in [0.2, 0.25) is 5.91 Å². The highest BCUT2D eigenvalue weighted by Crippen LogP contribution is 2.21. The second-order valence-corrected chi connectivity index (χ2v) is 5.22. The van der Waals surface area contributed by atoms with E-state index in [2.05, 4.69) is 10.3 Å². The van der Waals surface area contributed by atoms with E-state index in [4.69, 9.17) is 4.74 Å². The highest BCUT2D eigenvalue weighted by molar-refractivity contribution is 7.09. The predicted octanol–water partition coefficient (Wildman–Crippen LogP) is 2.38. The van der Waals surface area contributed by atoms with Crippen molar-refractivity contribution in [3.63, 3.8) is 0 Å². The molecule has 0 spiro atoms. The summed E-state index contributed by atoms with van der Waals surface area (Å²) in [5, 5.41) is 5.89. The molecule has 4 nitrogen and oxygen atoms in total.